The van der Waals surface area contributed by atoms with Crippen LogP contribution in [0, 0.1) is 6.92 Å². The van der Waals surface area contributed by atoms with Crippen LogP contribution in [0.4, 0.5) is 22.7 Å². The third-order valence-electron chi connectivity index (χ3n) is 2.43. The Labute approximate surface area is 95.1 Å². The number of nitrogens with two attached hydrogens (primary N) is 2. The van der Waals surface area contributed by atoms with Gasteiger partial charge in [-0.2, -0.15) is 0 Å². The number of hydrogen-bond donors (Lipinski definition) is 3. The number of nitrogen functional groups attached to an aromatic ring is 2. The molecule has 0 unspecified atom stereocenters. The van der Waals surface area contributed by atoms with E-state index in [2.05, 4.69) is 24.4 Å². The van der Waals surface area contributed by atoms with Crippen molar-refractivity contribution in [1.29, 1.82) is 0 Å². The molecule has 3 heteroatoms. The molecule has 0 saturated heterocycles. The van der Waals surface area contributed by atoms with E-state index in [1.807, 2.05) is 24.3 Å². The minimum Gasteiger partial charge on any atom is -0.397 e. The zero-order valence-corrected chi connectivity index (χ0v) is 9.20. The number of hydrogen-bond acceptors (Lipinski definition) is 3. The molecule has 0 fully saturated rings. The Morgan fingerprint density at radius 1 is 0.812 bits per heavy atom. The smallest absolute Gasteiger partial charge is 0.0568 e. The molecule has 0 aromatic heterocycles. The summed E-state index contributed by atoms with van der Waals surface area (Å²) in [6, 6.07) is 13.7. The monoisotopic (exact) mass is 213 g/mol. The Morgan fingerprint density at radius 2 is 1.44 bits per heavy atom. The average Bonchev–Trinajstić information content (AvgIpc) is 2.27. The van der Waals surface area contributed by atoms with Gasteiger partial charge in [-0.05, 0) is 37.3 Å². The van der Waals surface area contributed by atoms with Gasteiger partial charge in [0, 0.05) is 11.4 Å². The molecular weight excluding hydrogens is 198 g/mol. The van der Waals surface area contributed by atoms with Crippen LogP contribution in [-0.4, -0.2) is 0 Å². The lowest BCUT2D eigenvalue weighted by molar-refractivity contribution is 1.45. The molecule has 3 nitrogen and oxygen atoms in total. The van der Waals surface area contributed by atoms with Gasteiger partial charge in [-0.3, -0.25) is 0 Å². The van der Waals surface area contributed by atoms with E-state index in [1.54, 1.807) is 6.07 Å². The van der Waals surface area contributed by atoms with Crippen LogP contribution in [0.5, 0.6) is 0 Å². The van der Waals surface area contributed by atoms with Gasteiger partial charge in [-0.25, -0.2) is 0 Å². The van der Waals surface area contributed by atoms with Crippen LogP contribution < -0.4 is 16.8 Å². The average molecular weight is 213 g/mol. The van der Waals surface area contributed by atoms with Gasteiger partial charge in [0.1, 0.15) is 0 Å². The highest BCUT2D eigenvalue weighted by atomic mass is 14.9. The molecule has 5 N–H and O–H groups in total. The third-order valence-corrected chi connectivity index (χ3v) is 2.43. The van der Waals surface area contributed by atoms with Crippen molar-refractivity contribution in [2.24, 2.45) is 0 Å². The number of benzene rings is 2. The summed E-state index contributed by atoms with van der Waals surface area (Å²) >= 11 is 0. The maximum Gasteiger partial charge on any atom is 0.0568 e. The highest BCUT2D eigenvalue weighted by molar-refractivity contribution is 5.72. The van der Waals surface area contributed by atoms with Gasteiger partial charge in [0.2, 0.25) is 0 Å². The van der Waals surface area contributed by atoms with E-state index < -0.39 is 0 Å². The molecule has 0 atom stereocenters. The Balaban J connectivity index is 2.20. The van der Waals surface area contributed by atoms with Crippen molar-refractivity contribution in [2.75, 3.05) is 16.8 Å². The Bertz CT molecular complexity index is 489. The first-order valence-electron chi connectivity index (χ1n) is 5.14. The molecule has 2 aromatic rings. The molecule has 82 valence electrons. The van der Waals surface area contributed by atoms with Gasteiger partial charge in [0.15, 0.2) is 0 Å². The highest BCUT2D eigenvalue weighted by Crippen LogP contribution is 2.23. The molecule has 16 heavy (non-hydrogen) atoms. The molecule has 0 amide bonds. The predicted octanol–water partition coefficient (Wildman–Crippen LogP) is 2.90. The van der Waals surface area contributed by atoms with Gasteiger partial charge < -0.3 is 16.8 Å². The minimum atomic E-state index is 0.595. The quantitative estimate of drug-likeness (QED) is 0.672. The highest BCUT2D eigenvalue weighted by Gasteiger charge is 1.97. The van der Waals surface area contributed by atoms with Gasteiger partial charge in [-0.15, -0.1) is 0 Å². The minimum absolute atomic E-state index is 0.595. The number of rotatable bonds is 2. The molecule has 0 bridgehead atoms. The molecule has 0 aliphatic rings. The van der Waals surface area contributed by atoms with Gasteiger partial charge in [-0.1, -0.05) is 17.7 Å². The molecule has 0 saturated carbocycles. The Kier molecular flexibility index (Phi) is 2.68. The zero-order chi connectivity index (χ0) is 11.5. The fourth-order valence-corrected chi connectivity index (χ4v) is 1.46. The summed E-state index contributed by atoms with van der Waals surface area (Å²) in [7, 11) is 0. The van der Waals surface area contributed by atoms with Crippen LogP contribution in [0.2, 0.25) is 0 Å². The molecular formula is C13H15N3. The Hall–Kier alpha value is -2.16. The Morgan fingerprint density at radius 3 is 2.06 bits per heavy atom. The molecule has 0 aliphatic heterocycles. The predicted molar refractivity (Wildman–Crippen MR) is 69.7 cm³/mol. The fourth-order valence-electron chi connectivity index (χ4n) is 1.46. The normalized spacial score (nSPS) is 10.1. The molecule has 0 radical (unpaired) electrons. The van der Waals surface area contributed by atoms with Crippen LogP contribution in [0.3, 0.4) is 0 Å². The van der Waals surface area contributed by atoms with E-state index in [1.165, 1.54) is 5.56 Å². The summed E-state index contributed by atoms with van der Waals surface area (Å²) in [5, 5.41) is 3.26. The molecule has 0 spiro atoms. The lowest BCUT2D eigenvalue weighted by Crippen LogP contribution is -1.96. The van der Waals surface area contributed by atoms with Crippen molar-refractivity contribution < 1.29 is 0 Å². The summed E-state index contributed by atoms with van der Waals surface area (Å²) in [4.78, 5) is 0. The summed E-state index contributed by atoms with van der Waals surface area (Å²) in [6.45, 7) is 2.06. The second kappa shape index (κ2) is 4.14. The maximum atomic E-state index is 5.73. The van der Waals surface area contributed by atoms with Crippen molar-refractivity contribution >= 4 is 22.7 Å². The molecule has 2 aromatic carbocycles. The van der Waals surface area contributed by atoms with Crippen LogP contribution in [0.25, 0.3) is 0 Å². The largest absolute Gasteiger partial charge is 0.397 e. The first-order valence-corrected chi connectivity index (χ1v) is 5.14. The SMILES string of the molecule is Cc1ccc(Nc2ccc(N)c(N)c2)cc1. The van der Waals surface area contributed by atoms with Crippen molar-refractivity contribution in [3.63, 3.8) is 0 Å². The third kappa shape index (κ3) is 2.25. The van der Waals surface area contributed by atoms with Gasteiger partial charge in [0.25, 0.3) is 0 Å². The first-order chi connectivity index (χ1) is 7.65. The van der Waals surface area contributed by atoms with E-state index in [0.29, 0.717) is 11.4 Å². The summed E-state index contributed by atoms with van der Waals surface area (Å²) < 4.78 is 0. The molecule has 0 aliphatic carbocycles. The van der Waals surface area contributed by atoms with Gasteiger partial charge in [0.05, 0.1) is 11.4 Å². The summed E-state index contributed by atoms with van der Waals surface area (Å²) in [5.74, 6) is 0. The second-order valence-corrected chi connectivity index (χ2v) is 3.83. The van der Waals surface area contributed by atoms with E-state index in [0.717, 1.165) is 11.4 Å². The van der Waals surface area contributed by atoms with Crippen molar-refractivity contribution in [3.8, 4) is 0 Å². The van der Waals surface area contributed by atoms with Crippen molar-refractivity contribution in [1.82, 2.24) is 0 Å². The standard InChI is InChI=1S/C13H15N3/c1-9-2-4-10(5-3-9)16-11-6-7-12(14)13(15)8-11/h2-8,16H,14-15H2,1H3. The molecule has 2 rings (SSSR count). The number of anilines is 4. The second-order valence-electron chi connectivity index (χ2n) is 3.83. The van der Waals surface area contributed by atoms with Gasteiger partial charge >= 0.3 is 0 Å². The summed E-state index contributed by atoms with van der Waals surface area (Å²) in [6.07, 6.45) is 0. The lowest BCUT2D eigenvalue weighted by atomic mass is 10.2. The number of nitrogens with one attached hydrogen (secondary N) is 1. The molecule has 0 heterocycles. The van der Waals surface area contributed by atoms with Crippen LogP contribution in [0.15, 0.2) is 42.5 Å². The van der Waals surface area contributed by atoms with E-state index >= 15 is 0 Å². The van der Waals surface area contributed by atoms with E-state index in [4.69, 9.17) is 11.5 Å². The van der Waals surface area contributed by atoms with Crippen molar-refractivity contribution in [2.45, 2.75) is 6.92 Å². The maximum absolute atomic E-state index is 5.73. The number of aryl methyl sites for hydroxylation is 1. The van der Waals surface area contributed by atoms with Crippen molar-refractivity contribution in [3.05, 3.63) is 48.0 Å². The zero-order valence-electron chi connectivity index (χ0n) is 9.20. The topological polar surface area (TPSA) is 64.1 Å². The van der Waals surface area contributed by atoms with E-state index in [9.17, 15) is 0 Å². The van der Waals surface area contributed by atoms with Crippen LogP contribution in [0.1, 0.15) is 5.56 Å². The van der Waals surface area contributed by atoms with E-state index in [-0.39, 0.29) is 0 Å². The lowest BCUT2D eigenvalue weighted by Gasteiger charge is -2.08. The first kappa shape index (κ1) is 10.4. The fraction of sp³-hybridized carbons (Fsp3) is 0.0769. The van der Waals surface area contributed by atoms with Crippen LogP contribution >= 0.6 is 0 Å². The van der Waals surface area contributed by atoms with Crippen LogP contribution in [-0.2, 0) is 0 Å². The summed E-state index contributed by atoms with van der Waals surface area (Å²) in [5.41, 5.74) is 15.8.